The van der Waals surface area contributed by atoms with Crippen LogP contribution in [0, 0.1) is 6.92 Å². The second kappa shape index (κ2) is 6.40. The molecule has 21 heavy (non-hydrogen) atoms. The van der Waals surface area contributed by atoms with Crippen molar-refractivity contribution in [2.45, 2.75) is 26.2 Å². The first-order valence-electron chi connectivity index (χ1n) is 7.43. The molecule has 0 fully saturated rings. The summed E-state index contributed by atoms with van der Waals surface area (Å²) in [6.07, 6.45) is 2.88. The summed E-state index contributed by atoms with van der Waals surface area (Å²) >= 11 is 0. The van der Waals surface area contributed by atoms with E-state index < -0.39 is 0 Å². The van der Waals surface area contributed by atoms with Crippen molar-refractivity contribution in [1.29, 1.82) is 0 Å². The fourth-order valence-electron chi connectivity index (χ4n) is 2.55. The minimum absolute atomic E-state index is 0.897. The first-order chi connectivity index (χ1) is 10.3. The van der Waals surface area contributed by atoms with Crippen LogP contribution in [-0.2, 0) is 19.3 Å². The number of hydrogen-bond acceptors (Lipinski definition) is 1. The van der Waals surface area contributed by atoms with Gasteiger partial charge in [-0.3, -0.25) is 0 Å². The number of imidazole rings is 1. The maximum atomic E-state index is 4.76. The van der Waals surface area contributed by atoms with Crippen LogP contribution in [0.3, 0.4) is 0 Å². The molecule has 0 saturated heterocycles. The Kier molecular flexibility index (Phi) is 4.15. The molecule has 0 aliphatic heterocycles. The van der Waals surface area contributed by atoms with Gasteiger partial charge in [-0.1, -0.05) is 60.7 Å². The van der Waals surface area contributed by atoms with Gasteiger partial charge in [-0.2, -0.15) is 0 Å². The zero-order valence-electron chi connectivity index (χ0n) is 12.3. The number of rotatable bonds is 5. The normalized spacial score (nSPS) is 10.7. The minimum Gasteiger partial charge on any atom is -0.346 e. The van der Waals surface area contributed by atoms with Crippen molar-refractivity contribution in [1.82, 2.24) is 9.97 Å². The zero-order chi connectivity index (χ0) is 14.5. The van der Waals surface area contributed by atoms with Crippen molar-refractivity contribution in [2.24, 2.45) is 0 Å². The number of aryl methyl sites for hydroxylation is 3. The molecule has 0 saturated carbocycles. The predicted octanol–water partition coefficient (Wildman–Crippen LogP) is 4.09. The molecular weight excluding hydrogens is 256 g/mol. The molecule has 3 rings (SSSR count). The van der Waals surface area contributed by atoms with Crippen LogP contribution < -0.4 is 0 Å². The fourth-order valence-corrected chi connectivity index (χ4v) is 2.55. The van der Waals surface area contributed by atoms with Gasteiger partial charge in [0, 0.05) is 18.5 Å². The van der Waals surface area contributed by atoms with Crippen LogP contribution >= 0.6 is 0 Å². The average molecular weight is 276 g/mol. The van der Waals surface area contributed by atoms with Crippen molar-refractivity contribution >= 4 is 0 Å². The first-order valence-corrected chi connectivity index (χ1v) is 7.43. The summed E-state index contributed by atoms with van der Waals surface area (Å²) in [5.74, 6) is 1.09. The Balaban J connectivity index is 1.67. The van der Waals surface area contributed by atoms with Crippen molar-refractivity contribution in [2.75, 3.05) is 0 Å². The van der Waals surface area contributed by atoms with Gasteiger partial charge in [0.15, 0.2) is 0 Å². The van der Waals surface area contributed by atoms with Gasteiger partial charge in [-0.05, 0) is 24.5 Å². The largest absolute Gasteiger partial charge is 0.346 e. The smallest absolute Gasteiger partial charge is 0.106 e. The summed E-state index contributed by atoms with van der Waals surface area (Å²) in [7, 11) is 0. The van der Waals surface area contributed by atoms with Crippen LogP contribution in [0.2, 0.25) is 0 Å². The second-order valence-electron chi connectivity index (χ2n) is 5.40. The molecule has 106 valence electrons. The molecule has 2 aromatic carbocycles. The van der Waals surface area contributed by atoms with Crippen molar-refractivity contribution in [3.8, 4) is 0 Å². The summed E-state index contributed by atoms with van der Waals surface area (Å²) in [5, 5.41) is 0. The van der Waals surface area contributed by atoms with Gasteiger partial charge < -0.3 is 4.98 Å². The summed E-state index contributed by atoms with van der Waals surface area (Å²) in [4.78, 5) is 8.19. The van der Waals surface area contributed by atoms with Crippen molar-refractivity contribution < 1.29 is 0 Å². The Morgan fingerprint density at radius 2 is 1.43 bits per heavy atom. The van der Waals surface area contributed by atoms with E-state index in [2.05, 4.69) is 66.5 Å². The van der Waals surface area contributed by atoms with Gasteiger partial charge in [-0.15, -0.1) is 0 Å². The molecular formula is C19H20N2. The van der Waals surface area contributed by atoms with E-state index in [1.165, 1.54) is 16.8 Å². The zero-order valence-corrected chi connectivity index (χ0v) is 12.3. The highest BCUT2D eigenvalue weighted by Crippen LogP contribution is 2.13. The van der Waals surface area contributed by atoms with Crippen LogP contribution in [-0.4, -0.2) is 9.97 Å². The molecule has 0 unspecified atom stereocenters. The molecule has 3 aromatic rings. The molecule has 2 nitrogen and oxygen atoms in total. The number of hydrogen-bond donors (Lipinski definition) is 1. The van der Waals surface area contributed by atoms with Crippen LogP contribution in [0.4, 0.5) is 0 Å². The van der Waals surface area contributed by atoms with E-state index in [1.54, 1.807) is 0 Å². The second-order valence-corrected chi connectivity index (χ2v) is 5.40. The Bertz CT molecular complexity index is 684. The summed E-state index contributed by atoms with van der Waals surface area (Å²) in [6.45, 7) is 2.11. The number of aromatic nitrogens is 2. The van der Waals surface area contributed by atoms with Crippen molar-refractivity contribution in [3.63, 3.8) is 0 Å². The molecule has 2 heteroatoms. The molecule has 0 spiro atoms. The summed E-state index contributed by atoms with van der Waals surface area (Å²) in [6, 6.07) is 21.1. The van der Waals surface area contributed by atoms with Gasteiger partial charge in [0.1, 0.15) is 5.82 Å². The lowest BCUT2D eigenvalue weighted by Crippen LogP contribution is -1.94. The van der Waals surface area contributed by atoms with E-state index in [9.17, 15) is 0 Å². The number of aromatic amines is 1. The predicted molar refractivity (Wildman–Crippen MR) is 86.4 cm³/mol. The van der Waals surface area contributed by atoms with Gasteiger partial charge in [0.2, 0.25) is 0 Å². The fraction of sp³-hybridized carbons (Fsp3) is 0.211. The molecule has 0 atom stereocenters. The Morgan fingerprint density at radius 1 is 0.810 bits per heavy atom. The van der Waals surface area contributed by atoms with Gasteiger partial charge in [0.25, 0.3) is 0 Å². The maximum Gasteiger partial charge on any atom is 0.106 e. The summed E-state index contributed by atoms with van der Waals surface area (Å²) < 4.78 is 0. The molecule has 0 aliphatic carbocycles. The summed E-state index contributed by atoms with van der Waals surface area (Å²) in [5.41, 5.74) is 5.00. The Hall–Kier alpha value is -2.35. The third-order valence-corrected chi connectivity index (χ3v) is 3.74. The van der Waals surface area contributed by atoms with E-state index in [0.717, 1.165) is 30.8 Å². The van der Waals surface area contributed by atoms with E-state index in [4.69, 9.17) is 4.98 Å². The molecule has 0 bridgehead atoms. The van der Waals surface area contributed by atoms with E-state index in [-0.39, 0.29) is 0 Å². The van der Waals surface area contributed by atoms with E-state index in [1.807, 2.05) is 6.07 Å². The van der Waals surface area contributed by atoms with Gasteiger partial charge in [-0.25, -0.2) is 4.98 Å². The molecule has 1 N–H and O–H groups in total. The lowest BCUT2D eigenvalue weighted by molar-refractivity contribution is 0.876. The Morgan fingerprint density at radius 3 is 2.10 bits per heavy atom. The topological polar surface area (TPSA) is 28.7 Å². The molecule has 1 aromatic heterocycles. The average Bonchev–Trinajstić information content (AvgIpc) is 2.87. The molecule has 1 heterocycles. The lowest BCUT2D eigenvalue weighted by Gasteiger charge is -1.99. The highest BCUT2D eigenvalue weighted by atomic mass is 14.9. The quantitative estimate of drug-likeness (QED) is 0.747. The van der Waals surface area contributed by atoms with Crippen LogP contribution in [0.15, 0.2) is 60.7 Å². The minimum atomic E-state index is 0.897. The lowest BCUT2D eigenvalue weighted by atomic mass is 10.1. The standard InChI is InChI=1S/C19H20N2/c1-15-18(14-17-10-6-3-7-11-17)21-19(20-15)13-12-16-8-4-2-5-9-16/h2-11H,12-14H2,1H3,(H,20,21). The number of nitrogens with one attached hydrogen (secondary N) is 1. The number of nitrogens with zero attached hydrogens (tertiary/aromatic N) is 1. The first kappa shape index (κ1) is 13.6. The molecule has 0 aliphatic rings. The third-order valence-electron chi connectivity index (χ3n) is 3.74. The van der Waals surface area contributed by atoms with E-state index in [0.29, 0.717) is 0 Å². The highest BCUT2D eigenvalue weighted by Gasteiger charge is 2.07. The SMILES string of the molecule is Cc1[nH]c(CCc2ccccc2)nc1Cc1ccccc1. The molecule has 0 amide bonds. The molecule has 0 radical (unpaired) electrons. The van der Waals surface area contributed by atoms with Crippen LogP contribution in [0.1, 0.15) is 28.3 Å². The van der Waals surface area contributed by atoms with E-state index >= 15 is 0 Å². The Labute approximate surface area is 125 Å². The van der Waals surface area contributed by atoms with Gasteiger partial charge in [0.05, 0.1) is 5.69 Å². The number of benzene rings is 2. The highest BCUT2D eigenvalue weighted by molar-refractivity contribution is 5.25. The van der Waals surface area contributed by atoms with Crippen LogP contribution in [0.25, 0.3) is 0 Å². The third kappa shape index (κ3) is 3.60. The maximum absolute atomic E-state index is 4.76. The van der Waals surface area contributed by atoms with Crippen LogP contribution in [0.5, 0.6) is 0 Å². The number of H-pyrrole nitrogens is 1. The van der Waals surface area contributed by atoms with Crippen molar-refractivity contribution in [3.05, 3.63) is 89.0 Å². The van der Waals surface area contributed by atoms with Gasteiger partial charge >= 0.3 is 0 Å². The monoisotopic (exact) mass is 276 g/mol.